The SMILES string of the molecule is CC1CN(C(=O)Nc2ccn(-c3ccc(Cl)cc3C#N)n2)CCS(=O)C1. The fourth-order valence-corrected chi connectivity index (χ4v) is 4.33. The molecule has 2 aromatic rings. The highest BCUT2D eigenvalue weighted by Gasteiger charge is 2.23. The highest BCUT2D eigenvalue weighted by molar-refractivity contribution is 7.85. The maximum Gasteiger partial charge on any atom is 0.323 e. The molecule has 0 aliphatic carbocycles. The van der Waals surface area contributed by atoms with Crippen LogP contribution in [-0.4, -0.2) is 49.5 Å². The summed E-state index contributed by atoms with van der Waals surface area (Å²) in [5.74, 6) is 1.68. The standard InChI is InChI=1S/C17H18ClN5O2S/c1-12-10-22(6-7-26(25)11-12)17(24)20-16-4-5-23(21-16)15-3-2-14(18)8-13(15)9-19/h2-5,8,12H,6-7,10-11H2,1H3,(H,20,21,24). The molecular weight excluding hydrogens is 374 g/mol. The van der Waals surface area contributed by atoms with Crippen LogP contribution in [0, 0.1) is 17.2 Å². The Bertz CT molecular complexity index is 892. The summed E-state index contributed by atoms with van der Waals surface area (Å²) in [6.07, 6.45) is 1.67. The molecule has 0 spiro atoms. The fourth-order valence-electron chi connectivity index (χ4n) is 2.83. The molecular formula is C17H18ClN5O2S. The monoisotopic (exact) mass is 391 g/mol. The first-order valence-electron chi connectivity index (χ1n) is 8.13. The maximum atomic E-state index is 12.5. The number of benzene rings is 1. The molecule has 9 heteroatoms. The lowest BCUT2D eigenvalue weighted by molar-refractivity contribution is 0.209. The number of nitrogens with zero attached hydrogens (tertiary/aromatic N) is 4. The number of nitrogens with one attached hydrogen (secondary N) is 1. The Balaban J connectivity index is 1.73. The van der Waals surface area contributed by atoms with Crippen molar-refractivity contribution in [2.45, 2.75) is 6.92 Å². The molecule has 0 saturated carbocycles. The van der Waals surface area contributed by atoms with E-state index >= 15 is 0 Å². The van der Waals surface area contributed by atoms with Gasteiger partial charge < -0.3 is 4.90 Å². The Morgan fingerprint density at radius 1 is 1.46 bits per heavy atom. The van der Waals surface area contributed by atoms with E-state index in [2.05, 4.69) is 16.5 Å². The molecule has 26 heavy (non-hydrogen) atoms. The minimum Gasteiger partial charge on any atom is -0.323 e. The Morgan fingerprint density at radius 3 is 3.04 bits per heavy atom. The van der Waals surface area contributed by atoms with Crippen LogP contribution in [0.25, 0.3) is 5.69 Å². The highest BCUT2D eigenvalue weighted by atomic mass is 35.5. The van der Waals surface area contributed by atoms with Crippen LogP contribution in [0.3, 0.4) is 0 Å². The normalized spacial score (nSPS) is 20.3. The van der Waals surface area contributed by atoms with E-state index in [-0.39, 0.29) is 11.9 Å². The van der Waals surface area contributed by atoms with Crippen LogP contribution in [0.1, 0.15) is 12.5 Å². The van der Waals surface area contributed by atoms with Gasteiger partial charge in [-0.25, -0.2) is 9.48 Å². The van der Waals surface area contributed by atoms with Crippen LogP contribution in [0.4, 0.5) is 10.6 Å². The minimum atomic E-state index is -0.881. The number of carbonyl (C=O) groups is 1. The van der Waals surface area contributed by atoms with Crippen molar-refractivity contribution in [3.63, 3.8) is 0 Å². The van der Waals surface area contributed by atoms with Crippen molar-refractivity contribution in [3.8, 4) is 11.8 Å². The number of hydrogen-bond donors (Lipinski definition) is 1. The van der Waals surface area contributed by atoms with Crippen LogP contribution in [0.15, 0.2) is 30.5 Å². The van der Waals surface area contributed by atoms with Crippen molar-refractivity contribution in [1.82, 2.24) is 14.7 Å². The third kappa shape index (κ3) is 4.23. The lowest BCUT2D eigenvalue weighted by atomic mass is 10.2. The van der Waals surface area contributed by atoms with Crippen molar-refractivity contribution in [3.05, 3.63) is 41.0 Å². The number of aromatic nitrogens is 2. The summed E-state index contributed by atoms with van der Waals surface area (Å²) in [7, 11) is -0.881. The summed E-state index contributed by atoms with van der Waals surface area (Å²) in [6.45, 7) is 3.01. The van der Waals surface area contributed by atoms with Crippen LogP contribution >= 0.6 is 11.6 Å². The Hall–Kier alpha value is -2.37. The number of urea groups is 1. The Morgan fingerprint density at radius 2 is 2.27 bits per heavy atom. The van der Waals surface area contributed by atoms with Gasteiger partial charge in [0.05, 0.1) is 11.3 Å². The predicted octanol–water partition coefficient (Wildman–Crippen LogP) is 2.63. The van der Waals surface area contributed by atoms with E-state index < -0.39 is 10.8 Å². The van der Waals surface area contributed by atoms with Gasteiger partial charge in [0.15, 0.2) is 5.82 Å². The topological polar surface area (TPSA) is 91.0 Å². The average molecular weight is 392 g/mol. The molecule has 2 unspecified atom stereocenters. The molecule has 1 N–H and O–H groups in total. The maximum absolute atomic E-state index is 12.5. The first-order chi connectivity index (χ1) is 12.5. The molecule has 0 bridgehead atoms. The summed E-state index contributed by atoms with van der Waals surface area (Å²) in [6, 6.07) is 8.42. The van der Waals surface area contributed by atoms with E-state index in [4.69, 9.17) is 11.6 Å². The smallest absolute Gasteiger partial charge is 0.323 e. The van der Waals surface area contributed by atoms with Gasteiger partial charge in [0, 0.05) is 52.7 Å². The molecule has 1 aromatic heterocycles. The second-order valence-corrected chi connectivity index (χ2v) is 8.27. The minimum absolute atomic E-state index is 0.189. The van der Waals surface area contributed by atoms with Crippen LogP contribution in [-0.2, 0) is 10.8 Å². The summed E-state index contributed by atoms with van der Waals surface area (Å²) in [4.78, 5) is 14.1. The number of hydrogen-bond acceptors (Lipinski definition) is 4. The van der Waals surface area contributed by atoms with E-state index in [1.54, 1.807) is 35.4 Å². The van der Waals surface area contributed by atoms with Gasteiger partial charge in [0.2, 0.25) is 0 Å². The first kappa shape index (κ1) is 18.4. The molecule has 2 heterocycles. The third-order valence-corrected chi connectivity index (χ3v) is 5.84. The Kier molecular flexibility index (Phi) is 5.59. The van der Waals surface area contributed by atoms with Gasteiger partial charge in [-0.1, -0.05) is 18.5 Å². The van der Waals surface area contributed by atoms with E-state index in [0.29, 0.717) is 46.7 Å². The van der Waals surface area contributed by atoms with E-state index in [0.717, 1.165) is 0 Å². The van der Waals surface area contributed by atoms with E-state index in [9.17, 15) is 14.3 Å². The van der Waals surface area contributed by atoms with Gasteiger partial charge in [-0.2, -0.15) is 5.26 Å². The number of nitriles is 1. The Labute approximate surface area is 159 Å². The third-order valence-electron chi connectivity index (χ3n) is 4.03. The molecule has 0 radical (unpaired) electrons. The van der Waals surface area contributed by atoms with Gasteiger partial charge in [-0.15, -0.1) is 5.10 Å². The van der Waals surface area contributed by atoms with Crippen molar-refractivity contribution in [1.29, 1.82) is 5.26 Å². The zero-order valence-electron chi connectivity index (χ0n) is 14.2. The molecule has 1 aliphatic heterocycles. The molecule has 2 atom stereocenters. The number of halogens is 1. The van der Waals surface area contributed by atoms with Gasteiger partial charge in [-0.3, -0.25) is 9.53 Å². The lowest BCUT2D eigenvalue weighted by Crippen LogP contribution is -2.38. The summed E-state index contributed by atoms with van der Waals surface area (Å²) in [5.41, 5.74) is 0.971. The largest absolute Gasteiger partial charge is 0.323 e. The van der Waals surface area contributed by atoms with Gasteiger partial charge in [0.25, 0.3) is 0 Å². The molecule has 1 aromatic carbocycles. The highest BCUT2D eigenvalue weighted by Crippen LogP contribution is 2.20. The molecule has 7 nitrogen and oxygen atoms in total. The second kappa shape index (κ2) is 7.89. The summed E-state index contributed by atoms with van der Waals surface area (Å²) in [5, 5.41) is 16.8. The van der Waals surface area contributed by atoms with Gasteiger partial charge >= 0.3 is 6.03 Å². The number of anilines is 1. The quantitative estimate of drug-likeness (QED) is 0.851. The number of carbonyl (C=O) groups excluding carboxylic acids is 1. The zero-order valence-corrected chi connectivity index (χ0v) is 15.8. The van der Waals surface area contributed by atoms with Crippen molar-refractivity contribution in [2.24, 2.45) is 5.92 Å². The predicted molar refractivity (Wildman–Crippen MR) is 101 cm³/mol. The number of rotatable bonds is 2. The van der Waals surface area contributed by atoms with Crippen LogP contribution in [0.2, 0.25) is 5.02 Å². The zero-order chi connectivity index (χ0) is 18.7. The van der Waals surface area contributed by atoms with E-state index in [1.165, 1.54) is 4.68 Å². The van der Waals surface area contributed by atoms with Gasteiger partial charge in [-0.05, 0) is 24.1 Å². The second-order valence-electron chi connectivity index (χ2n) is 6.21. The molecule has 3 rings (SSSR count). The number of amides is 2. The molecule has 1 aliphatic rings. The lowest BCUT2D eigenvalue weighted by Gasteiger charge is -2.21. The summed E-state index contributed by atoms with van der Waals surface area (Å²) >= 11 is 5.91. The molecule has 1 fully saturated rings. The first-order valence-corrected chi connectivity index (χ1v) is 9.99. The van der Waals surface area contributed by atoms with Crippen molar-refractivity contribution >= 4 is 34.2 Å². The van der Waals surface area contributed by atoms with Crippen molar-refractivity contribution < 1.29 is 9.00 Å². The van der Waals surface area contributed by atoms with Crippen LogP contribution < -0.4 is 5.32 Å². The van der Waals surface area contributed by atoms with Gasteiger partial charge in [0.1, 0.15) is 6.07 Å². The van der Waals surface area contributed by atoms with E-state index in [1.807, 2.05) is 6.92 Å². The summed E-state index contributed by atoms with van der Waals surface area (Å²) < 4.78 is 13.3. The van der Waals surface area contributed by atoms with Crippen LogP contribution in [0.5, 0.6) is 0 Å². The molecule has 136 valence electrons. The molecule has 1 saturated heterocycles. The molecule has 2 amide bonds. The fraction of sp³-hybridized carbons (Fsp3) is 0.353. The van der Waals surface area contributed by atoms with Crippen molar-refractivity contribution in [2.75, 3.05) is 29.9 Å². The average Bonchev–Trinajstić information content (AvgIpc) is 2.98.